The number of aromatic amines is 1. The fraction of sp³-hybridized carbons (Fsp3) is 0.143. The summed E-state index contributed by atoms with van der Waals surface area (Å²) in [5.74, 6) is -0.0748. The summed E-state index contributed by atoms with van der Waals surface area (Å²) < 4.78 is 2.04. The molecule has 0 radical (unpaired) electrons. The zero-order valence-corrected chi connectivity index (χ0v) is 15.6. The first-order valence-electron chi connectivity index (χ1n) is 8.68. The number of carbonyl (C=O) groups excluding carboxylic acids is 1. The Morgan fingerprint density at radius 3 is 2.78 bits per heavy atom. The Kier molecular flexibility index (Phi) is 4.64. The van der Waals surface area contributed by atoms with Crippen molar-refractivity contribution in [1.29, 1.82) is 0 Å². The molecule has 1 aromatic carbocycles. The highest BCUT2D eigenvalue weighted by molar-refractivity contribution is 7.08. The summed E-state index contributed by atoms with van der Waals surface area (Å²) >= 11 is 1.62. The van der Waals surface area contributed by atoms with Crippen LogP contribution in [0.4, 0.5) is 5.69 Å². The maximum absolute atomic E-state index is 12.7. The quantitative estimate of drug-likeness (QED) is 0.544. The molecule has 6 heteroatoms. The highest BCUT2D eigenvalue weighted by Gasteiger charge is 2.18. The third kappa shape index (κ3) is 3.71. The monoisotopic (exact) mass is 377 g/mol. The standard InChI is InChI=1S/C21H19N3O2S/c1-14-10-20(25)23-18-11-16(4-5-17(14)18)22-21(26)12-19(15-6-9-27-13-15)24-7-2-3-8-24/h2-11,13,19H,12H2,1H3,(H,22,26)(H,23,25)/t19-/m0/s1. The van der Waals surface area contributed by atoms with E-state index < -0.39 is 0 Å². The summed E-state index contributed by atoms with van der Waals surface area (Å²) in [6, 6.07) is 13.1. The first-order valence-corrected chi connectivity index (χ1v) is 9.62. The number of fused-ring (bicyclic) bond motifs is 1. The molecule has 3 aromatic heterocycles. The number of carbonyl (C=O) groups is 1. The van der Waals surface area contributed by atoms with Crippen molar-refractivity contribution >= 4 is 33.8 Å². The Labute approximate surface area is 160 Å². The van der Waals surface area contributed by atoms with Gasteiger partial charge in [0.2, 0.25) is 11.5 Å². The Balaban J connectivity index is 1.56. The minimum Gasteiger partial charge on any atom is -0.346 e. The van der Waals surface area contributed by atoms with Crippen LogP contribution in [0.5, 0.6) is 0 Å². The predicted octanol–water partition coefficient (Wildman–Crippen LogP) is 4.32. The average Bonchev–Trinajstić information content (AvgIpc) is 3.33. The molecule has 1 amide bonds. The molecular weight excluding hydrogens is 358 g/mol. The van der Waals surface area contributed by atoms with Crippen LogP contribution in [-0.2, 0) is 4.79 Å². The number of aryl methyl sites for hydroxylation is 1. The summed E-state index contributed by atoms with van der Waals surface area (Å²) in [6.45, 7) is 1.90. The van der Waals surface area contributed by atoms with Gasteiger partial charge in [0.1, 0.15) is 0 Å². The summed E-state index contributed by atoms with van der Waals surface area (Å²) in [6.07, 6.45) is 4.27. The maximum Gasteiger partial charge on any atom is 0.248 e. The molecule has 0 saturated heterocycles. The zero-order valence-electron chi connectivity index (χ0n) is 14.8. The maximum atomic E-state index is 12.7. The molecule has 1 atom stereocenters. The van der Waals surface area contributed by atoms with Gasteiger partial charge >= 0.3 is 0 Å². The second-order valence-electron chi connectivity index (χ2n) is 6.53. The fourth-order valence-corrected chi connectivity index (χ4v) is 4.02. The van der Waals surface area contributed by atoms with E-state index in [9.17, 15) is 9.59 Å². The molecule has 4 aromatic rings. The van der Waals surface area contributed by atoms with Crippen LogP contribution in [0.25, 0.3) is 10.9 Å². The number of aromatic nitrogens is 2. The van der Waals surface area contributed by atoms with Crippen molar-refractivity contribution in [2.24, 2.45) is 0 Å². The van der Waals surface area contributed by atoms with Crippen LogP contribution < -0.4 is 10.9 Å². The van der Waals surface area contributed by atoms with Gasteiger partial charge in [-0.3, -0.25) is 9.59 Å². The van der Waals surface area contributed by atoms with Gasteiger partial charge in [-0.2, -0.15) is 11.3 Å². The van der Waals surface area contributed by atoms with Gasteiger partial charge in [-0.25, -0.2) is 0 Å². The SMILES string of the molecule is Cc1cc(=O)[nH]c2cc(NC(=O)C[C@@H](c3ccsc3)n3cccc3)ccc12. The lowest BCUT2D eigenvalue weighted by atomic mass is 10.1. The third-order valence-electron chi connectivity index (χ3n) is 4.63. The van der Waals surface area contributed by atoms with Crippen molar-refractivity contribution in [3.63, 3.8) is 0 Å². The third-order valence-corrected chi connectivity index (χ3v) is 5.33. The lowest BCUT2D eigenvalue weighted by molar-refractivity contribution is -0.116. The Morgan fingerprint density at radius 2 is 2.04 bits per heavy atom. The first-order chi connectivity index (χ1) is 13.1. The lowest BCUT2D eigenvalue weighted by Crippen LogP contribution is -2.19. The molecule has 0 aliphatic heterocycles. The zero-order chi connectivity index (χ0) is 18.8. The number of hydrogen-bond acceptors (Lipinski definition) is 3. The van der Waals surface area contributed by atoms with Gasteiger partial charge < -0.3 is 14.9 Å². The van der Waals surface area contributed by atoms with Crippen LogP contribution in [0.15, 0.2) is 70.4 Å². The molecule has 3 heterocycles. The molecule has 5 nitrogen and oxygen atoms in total. The van der Waals surface area contributed by atoms with E-state index >= 15 is 0 Å². The van der Waals surface area contributed by atoms with E-state index in [0.29, 0.717) is 12.1 Å². The van der Waals surface area contributed by atoms with E-state index in [2.05, 4.69) is 15.7 Å². The van der Waals surface area contributed by atoms with Crippen molar-refractivity contribution in [2.75, 3.05) is 5.32 Å². The van der Waals surface area contributed by atoms with Crippen molar-refractivity contribution in [3.05, 3.63) is 87.1 Å². The van der Waals surface area contributed by atoms with Crippen molar-refractivity contribution in [2.45, 2.75) is 19.4 Å². The molecule has 0 bridgehead atoms. The van der Waals surface area contributed by atoms with Crippen LogP contribution in [0.1, 0.15) is 23.6 Å². The van der Waals surface area contributed by atoms with Gasteiger partial charge in [0.25, 0.3) is 0 Å². The van der Waals surface area contributed by atoms with E-state index in [4.69, 9.17) is 0 Å². The van der Waals surface area contributed by atoms with E-state index in [-0.39, 0.29) is 17.5 Å². The number of pyridine rings is 1. The molecule has 0 aliphatic carbocycles. The number of thiophene rings is 1. The average molecular weight is 377 g/mol. The molecule has 0 fully saturated rings. The molecular formula is C21H19N3O2S. The van der Waals surface area contributed by atoms with Crippen molar-refractivity contribution < 1.29 is 4.79 Å². The number of H-pyrrole nitrogens is 1. The molecule has 0 unspecified atom stereocenters. The largest absolute Gasteiger partial charge is 0.346 e. The van der Waals surface area contributed by atoms with Gasteiger partial charge in [-0.15, -0.1) is 0 Å². The van der Waals surface area contributed by atoms with Gasteiger partial charge in [0, 0.05) is 29.5 Å². The smallest absolute Gasteiger partial charge is 0.248 e. The van der Waals surface area contributed by atoms with Gasteiger partial charge in [-0.1, -0.05) is 6.07 Å². The molecule has 0 aliphatic rings. The minimum atomic E-state index is -0.145. The van der Waals surface area contributed by atoms with Gasteiger partial charge in [0.05, 0.1) is 18.0 Å². The summed E-state index contributed by atoms with van der Waals surface area (Å²) in [4.78, 5) is 27.2. The van der Waals surface area contributed by atoms with Crippen LogP contribution >= 0.6 is 11.3 Å². The van der Waals surface area contributed by atoms with Gasteiger partial charge in [0.15, 0.2) is 0 Å². The molecule has 4 rings (SSSR count). The van der Waals surface area contributed by atoms with Crippen LogP contribution in [-0.4, -0.2) is 15.5 Å². The number of nitrogens with one attached hydrogen (secondary N) is 2. The Morgan fingerprint density at radius 1 is 1.22 bits per heavy atom. The van der Waals surface area contributed by atoms with E-state index in [1.54, 1.807) is 23.5 Å². The molecule has 2 N–H and O–H groups in total. The lowest BCUT2D eigenvalue weighted by Gasteiger charge is -2.18. The number of benzene rings is 1. The number of anilines is 1. The minimum absolute atomic E-state index is 0.0474. The molecule has 27 heavy (non-hydrogen) atoms. The highest BCUT2D eigenvalue weighted by atomic mass is 32.1. The van der Waals surface area contributed by atoms with Crippen molar-refractivity contribution in [1.82, 2.24) is 9.55 Å². The Hall–Kier alpha value is -3.12. The fourth-order valence-electron chi connectivity index (χ4n) is 3.32. The topological polar surface area (TPSA) is 66.9 Å². The second kappa shape index (κ2) is 7.25. The summed E-state index contributed by atoms with van der Waals surface area (Å²) in [7, 11) is 0. The molecule has 0 saturated carbocycles. The second-order valence-corrected chi connectivity index (χ2v) is 7.31. The van der Waals surface area contributed by atoms with Crippen molar-refractivity contribution in [3.8, 4) is 0 Å². The number of amides is 1. The molecule has 136 valence electrons. The predicted molar refractivity (Wildman–Crippen MR) is 109 cm³/mol. The van der Waals surface area contributed by atoms with E-state index in [1.165, 1.54) is 0 Å². The first kappa shape index (κ1) is 17.3. The van der Waals surface area contributed by atoms with Crippen LogP contribution in [0, 0.1) is 6.92 Å². The molecule has 0 spiro atoms. The number of rotatable bonds is 5. The summed E-state index contributed by atoms with van der Waals surface area (Å²) in [5, 5.41) is 8.02. The normalized spacial score (nSPS) is 12.2. The Bertz CT molecular complexity index is 1090. The summed E-state index contributed by atoms with van der Waals surface area (Å²) in [5.41, 5.74) is 3.28. The van der Waals surface area contributed by atoms with Crippen LogP contribution in [0.3, 0.4) is 0 Å². The van der Waals surface area contributed by atoms with Gasteiger partial charge in [-0.05, 0) is 59.1 Å². The number of hydrogen-bond donors (Lipinski definition) is 2. The van der Waals surface area contributed by atoms with Crippen LogP contribution in [0.2, 0.25) is 0 Å². The highest BCUT2D eigenvalue weighted by Crippen LogP contribution is 2.26. The number of nitrogens with zero attached hydrogens (tertiary/aromatic N) is 1. The van der Waals surface area contributed by atoms with E-state index in [1.807, 2.05) is 59.6 Å². The van der Waals surface area contributed by atoms with E-state index in [0.717, 1.165) is 22.0 Å².